The summed E-state index contributed by atoms with van der Waals surface area (Å²) >= 11 is 0. The van der Waals surface area contributed by atoms with E-state index in [2.05, 4.69) is 10.2 Å². The minimum atomic E-state index is -0.192. The fraction of sp³-hybridized carbons (Fsp3) is 0.727. The van der Waals surface area contributed by atoms with E-state index in [4.69, 9.17) is 10.5 Å². The second kappa shape index (κ2) is 5.92. The average molecular weight is 253 g/mol. The number of hydrogen-bond acceptors (Lipinski definition) is 5. The Morgan fingerprint density at radius 3 is 3.17 bits per heavy atom. The molecule has 1 aliphatic rings. The van der Waals surface area contributed by atoms with E-state index in [9.17, 15) is 4.79 Å². The lowest BCUT2D eigenvalue weighted by atomic mass is 10.2. The lowest BCUT2D eigenvalue weighted by Crippen LogP contribution is -2.41. The van der Waals surface area contributed by atoms with Crippen LogP contribution in [-0.4, -0.2) is 51.4 Å². The van der Waals surface area contributed by atoms with Gasteiger partial charge in [0.2, 0.25) is 5.91 Å². The highest BCUT2D eigenvalue weighted by Crippen LogP contribution is 2.11. The largest absolute Gasteiger partial charge is 0.377 e. The van der Waals surface area contributed by atoms with Crippen LogP contribution in [-0.2, 0) is 22.6 Å². The molecule has 7 heteroatoms. The standard InChI is InChI=1S/C11H19N5O2/c1-2-18-9(6-12)5-11(17)15-3-4-16-8-13-14-10(16)7-15/h8-9H,2-7,12H2,1H3. The Bertz CT molecular complexity index is 406. The van der Waals surface area contributed by atoms with Crippen molar-refractivity contribution in [2.75, 3.05) is 19.7 Å². The van der Waals surface area contributed by atoms with Crippen LogP contribution in [0.1, 0.15) is 19.2 Å². The Labute approximate surface area is 106 Å². The summed E-state index contributed by atoms with van der Waals surface area (Å²) in [6.07, 6.45) is 1.83. The van der Waals surface area contributed by atoms with E-state index >= 15 is 0 Å². The number of hydrogen-bond donors (Lipinski definition) is 1. The van der Waals surface area contributed by atoms with Crippen LogP contribution in [0.4, 0.5) is 0 Å². The number of carbonyl (C=O) groups excluding carboxylic acids is 1. The molecule has 0 saturated heterocycles. The van der Waals surface area contributed by atoms with E-state index in [1.54, 1.807) is 11.2 Å². The number of rotatable bonds is 5. The predicted octanol–water partition coefficient (Wildman–Crippen LogP) is -0.626. The summed E-state index contributed by atoms with van der Waals surface area (Å²) in [4.78, 5) is 13.9. The summed E-state index contributed by atoms with van der Waals surface area (Å²) < 4.78 is 7.37. The van der Waals surface area contributed by atoms with Gasteiger partial charge >= 0.3 is 0 Å². The maximum atomic E-state index is 12.1. The molecule has 1 atom stereocenters. The van der Waals surface area contributed by atoms with Crippen molar-refractivity contribution in [1.29, 1.82) is 0 Å². The highest BCUT2D eigenvalue weighted by Gasteiger charge is 2.23. The number of nitrogens with two attached hydrogens (primary N) is 1. The smallest absolute Gasteiger partial charge is 0.225 e. The molecule has 0 aliphatic carbocycles. The summed E-state index contributed by atoms with van der Waals surface area (Å²) in [5, 5.41) is 7.82. The molecule has 100 valence electrons. The van der Waals surface area contributed by atoms with E-state index < -0.39 is 0 Å². The maximum absolute atomic E-state index is 12.1. The molecule has 0 bridgehead atoms. The van der Waals surface area contributed by atoms with Gasteiger partial charge in [-0.05, 0) is 6.92 Å². The Balaban J connectivity index is 1.91. The number of nitrogens with zero attached hydrogens (tertiary/aromatic N) is 4. The van der Waals surface area contributed by atoms with Crippen molar-refractivity contribution in [1.82, 2.24) is 19.7 Å². The first-order valence-corrected chi connectivity index (χ1v) is 6.20. The van der Waals surface area contributed by atoms with Crippen LogP contribution >= 0.6 is 0 Å². The molecule has 1 aromatic rings. The van der Waals surface area contributed by atoms with E-state index in [0.29, 0.717) is 32.7 Å². The zero-order chi connectivity index (χ0) is 13.0. The van der Waals surface area contributed by atoms with Gasteiger partial charge in [0.25, 0.3) is 0 Å². The van der Waals surface area contributed by atoms with Gasteiger partial charge in [0.1, 0.15) is 6.33 Å². The number of fused-ring (bicyclic) bond motifs is 1. The zero-order valence-corrected chi connectivity index (χ0v) is 10.6. The molecule has 1 aliphatic heterocycles. The zero-order valence-electron chi connectivity index (χ0n) is 10.6. The van der Waals surface area contributed by atoms with Gasteiger partial charge in [0.15, 0.2) is 5.82 Å². The summed E-state index contributed by atoms with van der Waals surface area (Å²) in [6, 6.07) is 0. The van der Waals surface area contributed by atoms with Gasteiger partial charge in [0.05, 0.1) is 19.1 Å². The van der Waals surface area contributed by atoms with E-state index in [-0.39, 0.29) is 12.0 Å². The number of aromatic nitrogens is 3. The lowest BCUT2D eigenvalue weighted by Gasteiger charge is -2.28. The third-order valence-electron chi connectivity index (χ3n) is 3.06. The summed E-state index contributed by atoms with van der Waals surface area (Å²) in [6.45, 7) is 4.79. The van der Waals surface area contributed by atoms with Crippen molar-refractivity contribution >= 4 is 5.91 Å². The van der Waals surface area contributed by atoms with Crippen LogP contribution < -0.4 is 5.73 Å². The Morgan fingerprint density at radius 1 is 1.61 bits per heavy atom. The minimum Gasteiger partial charge on any atom is -0.377 e. The fourth-order valence-corrected chi connectivity index (χ4v) is 2.05. The fourth-order valence-electron chi connectivity index (χ4n) is 2.05. The SMILES string of the molecule is CCOC(CN)CC(=O)N1CCn2cnnc2C1. The van der Waals surface area contributed by atoms with Crippen molar-refractivity contribution in [3.8, 4) is 0 Å². The first kappa shape index (κ1) is 13.0. The minimum absolute atomic E-state index is 0.0631. The van der Waals surface area contributed by atoms with Gasteiger partial charge in [-0.25, -0.2) is 0 Å². The van der Waals surface area contributed by atoms with Crippen molar-refractivity contribution in [2.24, 2.45) is 5.73 Å². The molecule has 0 radical (unpaired) electrons. The van der Waals surface area contributed by atoms with Crippen LogP contribution in [0.25, 0.3) is 0 Å². The maximum Gasteiger partial charge on any atom is 0.225 e. The highest BCUT2D eigenvalue weighted by atomic mass is 16.5. The predicted molar refractivity (Wildman–Crippen MR) is 64.5 cm³/mol. The van der Waals surface area contributed by atoms with E-state index in [0.717, 1.165) is 12.4 Å². The highest BCUT2D eigenvalue weighted by molar-refractivity contribution is 5.76. The van der Waals surface area contributed by atoms with Crippen LogP contribution in [0.2, 0.25) is 0 Å². The first-order valence-electron chi connectivity index (χ1n) is 6.20. The number of carbonyl (C=O) groups is 1. The molecule has 0 aromatic carbocycles. The van der Waals surface area contributed by atoms with Gasteiger partial charge in [-0.15, -0.1) is 10.2 Å². The summed E-state index contributed by atoms with van der Waals surface area (Å²) in [5.74, 6) is 0.892. The quantitative estimate of drug-likeness (QED) is 0.755. The third-order valence-corrected chi connectivity index (χ3v) is 3.06. The summed E-state index contributed by atoms with van der Waals surface area (Å²) in [7, 11) is 0. The van der Waals surface area contributed by atoms with E-state index in [1.165, 1.54) is 0 Å². The molecule has 2 N–H and O–H groups in total. The third kappa shape index (κ3) is 2.85. The molecule has 1 unspecified atom stereocenters. The first-order chi connectivity index (χ1) is 8.74. The van der Waals surface area contributed by atoms with Crippen molar-refractivity contribution in [3.05, 3.63) is 12.2 Å². The summed E-state index contributed by atoms with van der Waals surface area (Å²) in [5.41, 5.74) is 5.57. The molecular weight excluding hydrogens is 234 g/mol. The molecule has 7 nitrogen and oxygen atoms in total. The molecular formula is C11H19N5O2. The Morgan fingerprint density at radius 2 is 2.44 bits per heavy atom. The molecule has 18 heavy (non-hydrogen) atoms. The normalized spacial score (nSPS) is 16.4. The molecule has 1 amide bonds. The molecule has 1 aromatic heterocycles. The molecule has 2 heterocycles. The lowest BCUT2D eigenvalue weighted by molar-refractivity contribution is -0.135. The monoisotopic (exact) mass is 253 g/mol. The van der Waals surface area contributed by atoms with Crippen LogP contribution in [0.5, 0.6) is 0 Å². The van der Waals surface area contributed by atoms with Crippen molar-refractivity contribution in [2.45, 2.75) is 32.5 Å². The molecule has 0 spiro atoms. The molecule has 0 fully saturated rings. The second-order valence-corrected chi connectivity index (χ2v) is 4.27. The topological polar surface area (TPSA) is 86.3 Å². The van der Waals surface area contributed by atoms with Gasteiger partial charge < -0.3 is 19.9 Å². The Hall–Kier alpha value is -1.47. The average Bonchev–Trinajstić information content (AvgIpc) is 2.85. The van der Waals surface area contributed by atoms with Crippen LogP contribution in [0.3, 0.4) is 0 Å². The number of amides is 1. The van der Waals surface area contributed by atoms with Crippen LogP contribution in [0.15, 0.2) is 6.33 Å². The second-order valence-electron chi connectivity index (χ2n) is 4.27. The van der Waals surface area contributed by atoms with Gasteiger partial charge in [0, 0.05) is 26.2 Å². The van der Waals surface area contributed by atoms with Gasteiger partial charge in [-0.2, -0.15) is 0 Å². The van der Waals surface area contributed by atoms with Crippen molar-refractivity contribution in [3.63, 3.8) is 0 Å². The van der Waals surface area contributed by atoms with Gasteiger partial charge in [-0.1, -0.05) is 0 Å². The van der Waals surface area contributed by atoms with Gasteiger partial charge in [-0.3, -0.25) is 4.79 Å². The number of ether oxygens (including phenoxy) is 1. The van der Waals surface area contributed by atoms with Crippen molar-refractivity contribution < 1.29 is 9.53 Å². The van der Waals surface area contributed by atoms with Crippen LogP contribution in [0, 0.1) is 0 Å². The van der Waals surface area contributed by atoms with E-state index in [1.807, 2.05) is 11.5 Å². The molecule has 0 saturated carbocycles. The Kier molecular flexibility index (Phi) is 4.27. The molecule has 2 rings (SSSR count).